The Bertz CT molecular complexity index is 1120. The van der Waals surface area contributed by atoms with Crippen molar-refractivity contribution in [1.82, 2.24) is 15.1 Å². The lowest BCUT2D eigenvalue weighted by molar-refractivity contribution is -0.143. The molecule has 7 nitrogen and oxygen atoms in total. The zero-order chi connectivity index (χ0) is 23.2. The highest BCUT2D eigenvalue weighted by Gasteiger charge is 2.58. The molecule has 172 valence electrons. The van der Waals surface area contributed by atoms with Gasteiger partial charge in [0, 0.05) is 35.6 Å². The van der Waals surface area contributed by atoms with Crippen LogP contribution < -0.4 is 5.32 Å². The molecule has 1 aliphatic carbocycles. The van der Waals surface area contributed by atoms with Crippen molar-refractivity contribution >= 4 is 33.8 Å². The van der Waals surface area contributed by atoms with Gasteiger partial charge in [0.2, 0.25) is 11.5 Å². The Kier molecular flexibility index (Phi) is 5.70. The molecule has 0 bridgehead atoms. The number of rotatable bonds is 5. The van der Waals surface area contributed by atoms with Crippen LogP contribution in [-0.2, 0) is 32.9 Å². The normalized spacial score (nSPS) is 23.8. The van der Waals surface area contributed by atoms with Crippen LogP contribution >= 0.6 is 15.9 Å². The maximum absolute atomic E-state index is 13.4. The second kappa shape index (κ2) is 8.53. The van der Waals surface area contributed by atoms with Crippen molar-refractivity contribution in [3.63, 3.8) is 0 Å². The number of carbonyl (C=O) groups is 3. The van der Waals surface area contributed by atoms with Gasteiger partial charge in [-0.15, -0.1) is 0 Å². The van der Waals surface area contributed by atoms with Crippen molar-refractivity contribution in [2.75, 3.05) is 19.6 Å². The minimum Gasteiger partial charge on any atom is -0.427 e. The molecule has 2 atom stereocenters. The highest BCUT2D eigenvalue weighted by Crippen LogP contribution is 2.46. The molecule has 0 unspecified atom stereocenters. The molecule has 5 rings (SSSR count). The van der Waals surface area contributed by atoms with Crippen LogP contribution in [0.1, 0.15) is 29.5 Å². The number of hydrogen-bond donors (Lipinski definition) is 1. The van der Waals surface area contributed by atoms with Gasteiger partial charge < -0.3 is 15.0 Å². The van der Waals surface area contributed by atoms with Crippen LogP contribution in [-0.4, -0.2) is 53.4 Å². The molecule has 33 heavy (non-hydrogen) atoms. The monoisotopic (exact) mass is 515 g/mol. The molecule has 1 N–H and O–H groups in total. The quantitative estimate of drug-likeness (QED) is 0.661. The summed E-state index contributed by atoms with van der Waals surface area (Å²) >= 11 is 3.43. The molecule has 2 aromatic carbocycles. The summed E-state index contributed by atoms with van der Waals surface area (Å²) in [6.07, 6.45) is 0.938. The van der Waals surface area contributed by atoms with Gasteiger partial charge in [0.05, 0.1) is 0 Å². The number of imide groups is 1. The van der Waals surface area contributed by atoms with E-state index < -0.39 is 17.6 Å². The predicted molar refractivity (Wildman–Crippen MR) is 121 cm³/mol. The number of hydrogen-bond acceptors (Lipinski definition) is 5. The highest BCUT2D eigenvalue weighted by atomic mass is 79.9. The first-order valence-corrected chi connectivity index (χ1v) is 11.8. The van der Waals surface area contributed by atoms with E-state index in [0.717, 1.165) is 33.5 Å². The van der Waals surface area contributed by atoms with Gasteiger partial charge in [0.25, 0.3) is 5.91 Å². The molecule has 0 radical (unpaired) electrons. The minimum absolute atomic E-state index is 0.0743. The van der Waals surface area contributed by atoms with Crippen molar-refractivity contribution in [2.45, 2.75) is 37.5 Å². The summed E-state index contributed by atoms with van der Waals surface area (Å²) in [5, 5.41) is 3.24. The van der Waals surface area contributed by atoms with Crippen LogP contribution in [0.2, 0.25) is 0 Å². The second-order valence-corrected chi connectivity index (χ2v) is 9.60. The van der Waals surface area contributed by atoms with Gasteiger partial charge in [-0.05, 0) is 54.8 Å². The van der Waals surface area contributed by atoms with Crippen molar-refractivity contribution in [2.24, 2.45) is 0 Å². The first-order valence-electron chi connectivity index (χ1n) is 11.0. The fourth-order valence-corrected chi connectivity index (χ4v) is 5.37. The molecule has 3 amide bonds. The zero-order valence-corrected chi connectivity index (χ0v) is 19.4. The molecule has 2 fully saturated rings. The number of nitrogens with zero attached hydrogens (tertiary/aromatic N) is 2. The molecule has 1 spiro atoms. The molecule has 9 heteroatoms. The van der Waals surface area contributed by atoms with Crippen LogP contribution in [0.4, 0.5) is 9.18 Å². The van der Waals surface area contributed by atoms with E-state index in [4.69, 9.17) is 4.74 Å². The van der Waals surface area contributed by atoms with E-state index in [1.165, 1.54) is 12.1 Å². The molecule has 0 aromatic heterocycles. The number of nitrogens with one attached hydrogen (secondary N) is 1. The molecule has 2 heterocycles. The second-order valence-electron chi connectivity index (χ2n) is 8.68. The first kappa shape index (κ1) is 22.0. The van der Waals surface area contributed by atoms with E-state index in [2.05, 4.69) is 21.2 Å². The summed E-state index contributed by atoms with van der Waals surface area (Å²) in [5.41, 5.74) is 1.05. The van der Waals surface area contributed by atoms with E-state index in [1.54, 1.807) is 23.1 Å². The third-order valence-electron chi connectivity index (χ3n) is 6.68. The fraction of sp³-hybridized carbons (Fsp3) is 0.375. The van der Waals surface area contributed by atoms with E-state index in [9.17, 15) is 18.8 Å². The van der Waals surface area contributed by atoms with Crippen molar-refractivity contribution < 1.29 is 23.5 Å². The van der Waals surface area contributed by atoms with Crippen molar-refractivity contribution in [3.05, 3.63) is 69.4 Å². The van der Waals surface area contributed by atoms with Gasteiger partial charge in [0.1, 0.15) is 12.4 Å². The van der Waals surface area contributed by atoms with Crippen molar-refractivity contribution in [1.29, 1.82) is 0 Å². The third-order valence-corrected chi connectivity index (χ3v) is 7.17. The summed E-state index contributed by atoms with van der Waals surface area (Å²) in [4.78, 5) is 42.1. The third kappa shape index (κ3) is 3.93. The Balaban J connectivity index is 1.37. The van der Waals surface area contributed by atoms with Gasteiger partial charge in [-0.3, -0.25) is 9.59 Å². The van der Waals surface area contributed by atoms with Gasteiger partial charge in [-0.25, -0.2) is 14.1 Å². The number of fused-ring (bicyclic) bond motifs is 2. The Morgan fingerprint density at radius 3 is 2.76 bits per heavy atom. The SMILES string of the molecule is O=C1O[C@@]2(CCc3cc(Br)ccc32)C(=O)N1CC(=O)N(Cc1ccc(F)cc1)[C@@H]1CCNC1. The van der Waals surface area contributed by atoms with Crippen LogP contribution in [0.5, 0.6) is 0 Å². The van der Waals surface area contributed by atoms with Crippen LogP contribution in [0.3, 0.4) is 0 Å². The minimum atomic E-state index is -1.36. The number of amides is 3. The van der Waals surface area contributed by atoms with Gasteiger partial charge >= 0.3 is 6.09 Å². The molecule has 2 saturated heterocycles. The van der Waals surface area contributed by atoms with Gasteiger partial charge in [-0.1, -0.05) is 34.1 Å². The number of ether oxygens (including phenoxy) is 1. The predicted octanol–water partition coefficient (Wildman–Crippen LogP) is 3.10. The maximum Gasteiger partial charge on any atom is 0.418 e. The van der Waals surface area contributed by atoms with Gasteiger partial charge in [-0.2, -0.15) is 0 Å². The molecular formula is C24H23BrFN3O4. The average molecular weight is 516 g/mol. The van der Waals surface area contributed by atoms with Crippen LogP contribution in [0.25, 0.3) is 0 Å². The van der Waals surface area contributed by atoms with E-state index >= 15 is 0 Å². The zero-order valence-electron chi connectivity index (χ0n) is 17.9. The number of halogens is 2. The molecular weight excluding hydrogens is 493 g/mol. The number of aryl methyl sites for hydroxylation is 1. The number of benzene rings is 2. The van der Waals surface area contributed by atoms with Crippen LogP contribution in [0, 0.1) is 5.82 Å². The maximum atomic E-state index is 13.4. The largest absolute Gasteiger partial charge is 0.427 e. The molecule has 2 aromatic rings. The summed E-state index contributed by atoms with van der Waals surface area (Å²) in [5.74, 6) is -1.18. The average Bonchev–Trinajstić information content (AvgIpc) is 3.50. The first-order chi connectivity index (χ1) is 15.9. The Morgan fingerprint density at radius 2 is 2.03 bits per heavy atom. The standard InChI is InChI=1S/C24H23BrFN3O4/c25-17-3-6-20-16(11-17)7-9-24(20)22(31)29(23(32)33-24)14-21(30)28(19-8-10-27-12-19)13-15-1-4-18(26)5-2-15/h1-6,11,19,27H,7-10,12-14H2/t19-,24-/m1/s1. The summed E-state index contributed by atoms with van der Waals surface area (Å²) in [6, 6.07) is 11.4. The van der Waals surface area contributed by atoms with E-state index in [1.807, 2.05) is 12.1 Å². The van der Waals surface area contributed by atoms with Gasteiger partial charge in [0.15, 0.2) is 0 Å². The fourth-order valence-electron chi connectivity index (χ4n) is 4.96. The van der Waals surface area contributed by atoms with E-state index in [0.29, 0.717) is 24.9 Å². The lowest BCUT2D eigenvalue weighted by atomic mass is 9.95. The smallest absolute Gasteiger partial charge is 0.418 e. The summed E-state index contributed by atoms with van der Waals surface area (Å²) < 4.78 is 19.9. The Labute approximate surface area is 199 Å². The van der Waals surface area contributed by atoms with E-state index in [-0.39, 0.29) is 30.9 Å². The lowest BCUT2D eigenvalue weighted by Gasteiger charge is -2.30. The molecule has 0 saturated carbocycles. The number of carbonyl (C=O) groups excluding carboxylic acids is 3. The lowest BCUT2D eigenvalue weighted by Crippen LogP contribution is -2.48. The summed E-state index contributed by atoms with van der Waals surface area (Å²) in [6.45, 7) is 1.28. The highest BCUT2D eigenvalue weighted by molar-refractivity contribution is 9.10. The Morgan fingerprint density at radius 1 is 1.24 bits per heavy atom. The topological polar surface area (TPSA) is 79.0 Å². The molecule has 3 aliphatic rings. The summed E-state index contributed by atoms with van der Waals surface area (Å²) in [7, 11) is 0. The van der Waals surface area contributed by atoms with Crippen molar-refractivity contribution in [3.8, 4) is 0 Å². The van der Waals surface area contributed by atoms with Crippen LogP contribution in [0.15, 0.2) is 46.9 Å². The molecule has 2 aliphatic heterocycles. The Hall–Kier alpha value is -2.78.